The number of aromatic amines is 1. The minimum Gasteiger partial charge on any atom is -0.348 e. The summed E-state index contributed by atoms with van der Waals surface area (Å²) in [6.07, 6.45) is 4.49. The number of rotatable bonds is 5. The van der Waals surface area contributed by atoms with E-state index in [0.29, 0.717) is 6.04 Å². The predicted molar refractivity (Wildman–Crippen MR) is 65.3 cm³/mol. The summed E-state index contributed by atoms with van der Waals surface area (Å²) in [7, 11) is 0. The van der Waals surface area contributed by atoms with Gasteiger partial charge in [0.15, 0.2) is 0 Å². The number of nitrogens with one attached hydrogen (secondary N) is 2. The van der Waals surface area contributed by atoms with Gasteiger partial charge in [-0.05, 0) is 39.8 Å². The summed E-state index contributed by atoms with van der Waals surface area (Å²) in [4.78, 5) is 9.94. The standard InChI is InChI=1S/C12H22N4/c1-10(16-5-3-4-6-16)7-13-8-12-11(2)14-9-15-12/h9-10,13H,3-8H2,1-2H3,(H,14,15). The van der Waals surface area contributed by atoms with Crippen LogP contribution in [0.2, 0.25) is 0 Å². The maximum atomic E-state index is 4.28. The van der Waals surface area contributed by atoms with E-state index >= 15 is 0 Å². The Morgan fingerprint density at radius 2 is 2.25 bits per heavy atom. The third-order valence-electron chi connectivity index (χ3n) is 3.43. The summed E-state index contributed by atoms with van der Waals surface area (Å²) in [5, 5.41) is 3.48. The Morgan fingerprint density at radius 3 is 2.88 bits per heavy atom. The number of H-pyrrole nitrogens is 1. The van der Waals surface area contributed by atoms with Gasteiger partial charge < -0.3 is 10.3 Å². The number of hydrogen-bond acceptors (Lipinski definition) is 3. The van der Waals surface area contributed by atoms with Gasteiger partial charge in [0.25, 0.3) is 0 Å². The van der Waals surface area contributed by atoms with Gasteiger partial charge >= 0.3 is 0 Å². The minimum atomic E-state index is 0.641. The van der Waals surface area contributed by atoms with Gasteiger partial charge in [0.1, 0.15) is 0 Å². The maximum absolute atomic E-state index is 4.28. The summed E-state index contributed by atoms with van der Waals surface area (Å²) in [5.41, 5.74) is 2.30. The second-order valence-corrected chi connectivity index (χ2v) is 4.70. The fraction of sp³-hybridized carbons (Fsp3) is 0.750. The Morgan fingerprint density at radius 1 is 1.50 bits per heavy atom. The number of aromatic nitrogens is 2. The van der Waals surface area contributed by atoms with E-state index in [1.165, 1.54) is 31.6 Å². The van der Waals surface area contributed by atoms with E-state index in [2.05, 4.69) is 34.0 Å². The van der Waals surface area contributed by atoms with Crippen molar-refractivity contribution in [3.63, 3.8) is 0 Å². The molecule has 90 valence electrons. The normalized spacial score (nSPS) is 19.1. The lowest BCUT2D eigenvalue weighted by Gasteiger charge is -2.23. The Kier molecular flexibility index (Phi) is 3.96. The molecular formula is C12H22N4. The molecule has 1 fully saturated rings. The van der Waals surface area contributed by atoms with Crippen molar-refractivity contribution in [2.75, 3.05) is 19.6 Å². The highest BCUT2D eigenvalue weighted by molar-refractivity contribution is 5.07. The first kappa shape index (κ1) is 11.6. The van der Waals surface area contributed by atoms with Crippen LogP contribution in [-0.2, 0) is 6.54 Å². The second kappa shape index (κ2) is 5.46. The van der Waals surface area contributed by atoms with Crippen molar-refractivity contribution in [1.82, 2.24) is 20.2 Å². The zero-order chi connectivity index (χ0) is 11.4. The molecule has 1 aromatic heterocycles. The van der Waals surface area contributed by atoms with Crippen LogP contribution in [0.3, 0.4) is 0 Å². The van der Waals surface area contributed by atoms with Crippen LogP contribution in [0, 0.1) is 6.92 Å². The Labute approximate surface area is 97.4 Å². The van der Waals surface area contributed by atoms with Crippen LogP contribution in [0.15, 0.2) is 6.33 Å². The maximum Gasteiger partial charge on any atom is 0.0925 e. The highest BCUT2D eigenvalue weighted by Crippen LogP contribution is 2.10. The van der Waals surface area contributed by atoms with Crippen molar-refractivity contribution in [1.29, 1.82) is 0 Å². The summed E-state index contributed by atoms with van der Waals surface area (Å²) >= 11 is 0. The topological polar surface area (TPSA) is 44.0 Å². The van der Waals surface area contributed by atoms with Gasteiger partial charge in [0.05, 0.1) is 12.0 Å². The van der Waals surface area contributed by atoms with E-state index in [1.54, 1.807) is 6.33 Å². The number of aryl methyl sites for hydroxylation is 1. The molecule has 1 saturated heterocycles. The fourth-order valence-electron chi connectivity index (χ4n) is 2.28. The zero-order valence-corrected chi connectivity index (χ0v) is 10.3. The van der Waals surface area contributed by atoms with Gasteiger partial charge in [-0.1, -0.05) is 0 Å². The molecule has 0 amide bonds. The predicted octanol–water partition coefficient (Wildman–Crippen LogP) is 1.29. The molecule has 1 unspecified atom stereocenters. The lowest BCUT2D eigenvalue weighted by Crippen LogP contribution is -2.38. The molecular weight excluding hydrogens is 200 g/mol. The molecule has 2 N–H and O–H groups in total. The summed E-state index contributed by atoms with van der Waals surface area (Å²) < 4.78 is 0. The molecule has 1 aliphatic heterocycles. The molecule has 1 aromatic rings. The summed E-state index contributed by atoms with van der Waals surface area (Å²) in [6, 6.07) is 0.641. The Balaban J connectivity index is 1.69. The molecule has 1 aliphatic rings. The lowest BCUT2D eigenvalue weighted by atomic mass is 10.3. The average molecular weight is 222 g/mol. The molecule has 2 rings (SSSR count). The minimum absolute atomic E-state index is 0.641. The van der Waals surface area contributed by atoms with E-state index in [1.807, 2.05) is 0 Å². The molecule has 2 heterocycles. The molecule has 0 saturated carbocycles. The van der Waals surface area contributed by atoms with Gasteiger partial charge in [0, 0.05) is 24.8 Å². The average Bonchev–Trinajstić information content (AvgIpc) is 2.90. The van der Waals surface area contributed by atoms with E-state index in [9.17, 15) is 0 Å². The first-order valence-electron chi connectivity index (χ1n) is 6.21. The number of nitrogens with zero attached hydrogens (tertiary/aromatic N) is 2. The van der Waals surface area contributed by atoms with E-state index in [4.69, 9.17) is 0 Å². The van der Waals surface area contributed by atoms with Crippen molar-refractivity contribution in [3.05, 3.63) is 17.7 Å². The number of hydrogen-bond donors (Lipinski definition) is 2. The largest absolute Gasteiger partial charge is 0.348 e. The van der Waals surface area contributed by atoms with Crippen molar-refractivity contribution >= 4 is 0 Å². The third kappa shape index (κ3) is 2.83. The highest BCUT2D eigenvalue weighted by atomic mass is 15.2. The molecule has 0 spiro atoms. The lowest BCUT2D eigenvalue weighted by molar-refractivity contribution is 0.251. The van der Waals surface area contributed by atoms with Crippen LogP contribution in [-0.4, -0.2) is 40.5 Å². The Hall–Kier alpha value is -0.870. The third-order valence-corrected chi connectivity index (χ3v) is 3.43. The summed E-state index contributed by atoms with van der Waals surface area (Å²) in [5.74, 6) is 0. The first-order valence-corrected chi connectivity index (χ1v) is 6.21. The van der Waals surface area contributed by atoms with Crippen LogP contribution in [0.25, 0.3) is 0 Å². The fourth-order valence-corrected chi connectivity index (χ4v) is 2.28. The molecule has 0 aromatic carbocycles. The molecule has 0 bridgehead atoms. The van der Waals surface area contributed by atoms with Crippen molar-refractivity contribution in [2.45, 2.75) is 39.3 Å². The highest BCUT2D eigenvalue weighted by Gasteiger charge is 2.17. The van der Waals surface area contributed by atoms with Gasteiger partial charge in [-0.15, -0.1) is 0 Å². The van der Waals surface area contributed by atoms with Crippen molar-refractivity contribution in [3.8, 4) is 0 Å². The number of likely N-dealkylation sites (tertiary alicyclic amines) is 1. The first-order chi connectivity index (χ1) is 7.77. The zero-order valence-electron chi connectivity index (χ0n) is 10.3. The van der Waals surface area contributed by atoms with Crippen LogP contribution in [0.5, 0.6) is 0 Å². The molecule has 0 radical (unpaired) electrons. The molecule has 16 heavy (non-hydrogen) atoms. The van der Waals surface area contributed by atoms with Crippen LogP contribution in [0.4, 0.5) is 0 Å². The van der Waals surface area contributed by atoms with E-state index in [-0.39, 0.29) is 0 Å². The van der Waals surface area contributed by atoms with Crippen LogP contribution < -0.4 is 5.32 Å². The number of imidazole rings is 1. The smallest absolute Gasteiger partial charge is 0.0925 e. The quantitative estimate of drug-likeness (QED) is 0.789. The Bertz CT molecular complexity index is 315. The van der Waals surface area contributed by atoms with E-state index in [0.717, 1.165) is 18.8 Å². The van der Waals surface area contributed by atoms with E-state index < -0.39 is 0 Å². The van der Waals surface area contributed by atoms with Crippen molar-refractivity contribution < 1.29 is 0 Å². The van der Waals surface area contributed by atoms with Gasteiger partial charge in [-0.2, -0.15) is 0 Å². The van der Waals surface area contributed by atoms with Gasteiger partial charge in [-0.3, -0.25) is 4.90 Å². The summed E-state index contributed by atoms with van der Waals surface area (Å²) in [6.45, 7) is 8.82. The van der Waals surface area contributed by atoms with Gasteiger partial charge in [-0.25, -0.2) is 4.98 Å². The molecule has 1 atom stereocenters. The molecule has 4 heteroatoms. The van der Waals surface area contributed by atoms with Crippen LogP contribution in [0.1, 0.15) is 31.2 Å². The monoisotopic (exact) mass is 222 g/mol. The second-order valence-electron chi connectivity index (χ2n) is 4.70. The molecule has 0 aliphatic carbocycles. The SMILES string of the molecule is Cc1[nH]cnc1CNCC(C)N1CCCC1. The van der Waals surface area contributed by atoms with Crippen LogP contribution >= 0.6 is 0 Å². The molecule has 4 nitrogen and oxygen atoms in total. The van der Waals surface area contributed by atoms with Gasteiger partial charge in [0.2, 0.25) is 0 Å². The van der Waals surface area contributed by atoms with Crippen molar-refractivity contribution in [2.24, 2.45) is 0 Å².